The van der Waals surface area contributed by atoms with Crippen molar-refractivity contribution in [2.45, 2.75) is 26.7 Å². The molecule has 0 aliphatic rings. The Morgan fingerprint density at radius 3 is 1.16 bits per heavy atom. The summed E-state index contributed by atoms with van der Waals surface area (Å²) in [5, 5.41) is 20.6. The third-order valence-corrected chi connectivity index (χ3v) is 6.50. The van der Waals surface area contributed by atoms with Crippen LogP contribution in [0.25, 0.3) is 0 Å². The molecule has 0 amide bonds. The fourth-order valence-electron chi connectivity index (χ4n) is 2.61. The third-order valence-electron chi connectivity index (χ3n) is 4.77. The number of hydrogen-bond donors (Lipinski definition) is 2. The van der Waals surface area contributed by atoms with Crippen molar-refractivity contribution in [3.8, 4) is 11.5 Å². The number of carbonyl (C=O) groups excluding carboxylic acids is 4. The Bertz CT molecular complexity index is 1200. The molecule has 17 heteroatoms. The molecule has 0 bridgehead atoms. The Labute approximate surface area is 296 Å². The van der Waals surface area contributed by atoms with Crippen LogP contribution in [0.2, 0.25) is 20.1 Å². The molecule has 0 aliphatic heterocycles. The largest absolute Gasteiger partial charge is 4.00 e. The summed E-state index contributed by atoms with van der Waals surface area (Å²) in [6.07, 6.45) is 0.992. The number of carbonyl (C=O) groups is 4. The van der Waals surface area contributed by atoms with Crippen LogP contribution >= 0.6 is 46.4 Å². The minimum absolute atomic E-state index is 0. The van der Waals surface area contributed by atoms with Crippen LogP contribution in [0.4, 0.5) is 0 Å². The number of allylic oxidation sites excluding steroid dienone is 2. The fourth-order valence-corrected chi connectivity index (χ4v) is 3.54. The summed E-state index contributed by atoms with van der Waals surface area (Å²) in [6, 6.07) is 5.60. The van der Waals surface area contributed by atoms with Crippen LogP contribution in [-0.2, 0) is 30.7 Å². The van der Waals surface area contributed by atoms with Gasteiger partial charge >= 0.3 is 21.1 Å². The predicted octanol–water partition coefficient (Wildman–Crippen LogP) is -1.13. The van der Waals surface area contributed by atoms with Crippen molar-refractivity contribution in [3.05, 3.63) is 79.8 Å². The number of rotatable bonds is 12. The minimum atomic E-state index is -1.38. The number of benzene rings is 2. The van der Waals surface area contributed by atoms with E-state index in [1.807, 2.05) is 0 Å². The van der Waals surface area contributed by atoms with Crippen molar-refractivity contribution < 1.29 is 84.7 Å². The SMILES string of the molecule is C=C(CC)C(=O)c1ccc(OCC(=O)[O-])c(Cl)c1Cl.C=C(CC)C(=O)c1ccc(OCC(=O)[O-])c(Cl)c1Cl.N.N.[Cl-].[Cl-].[Pt+4]. The molecule has 0 saturated heterocycles. The van der Waals surface area contributed by atoms with Crippen LogP contribution in [0.5, 0.6) is 11.5 Å². The summed E-state index contributed by atoms with van der Waals surface area (Å²) >= 11 is 23.8. The molecule has 10 nitrogen and oxygen atoms in total. The average Bonchev–Trinajstić information content (AvgIpc) is 2.88. The van der Waals surface area contributed by atoms with E-state index >= 15 is 0 Å². The molecule has 6 N–H and O–H groups in total. The molecule has 2 aromatic rings. The molecule has 242 valence electrons. The second-order valence-electron chi connectivity index (χ2n) is 7.37. The second kappa shape index (κ2) is 24.5. The third kappa shape index (κ3) is 15.1. The summed E-state index contributed by atoms with van der Waals surface area (Å²) in [4.78, 5) is 44.5. The van der Waals surface area contributed by atoms with E-state index in [0.29, 0.717) is 24.0 Å². The standard InChI is InChI=1S/2C13H12Cl2O4.2ClH.2H3N.Pt/c2*1-3-7(2)13(18)8-4-5-9(12(15)11(8)14)19-6-10(16)17;;;;;/h2*4-5H,2-3,6H2,1H3,(H,16,17);2*1H;2*1H3;/q;;;;;;+4/p-4. The summed E-state index contributed by atoms with van der Waals surface area (Å²) in [7, 11) is 0. The Morgan fingerprint density at radius 1 is 0.651 bits per heavy atom. The molecule has 2 rings (SSSR count). The molecule has 0 unspecified atom stereocenters. The molecule has 0 spiro atoms. The van der Waals surface area contributed by atoms with Gasteiger partial charge in [-0.05, 0) is 48.3 Å². The summed E-state index contributed by atoms with van der Waals surface area (Å²) < 4.78 is 9.78. The molecule has 0 atom stereocenters. The molecule has 0 aliphatic carbocycles. The van der Waals surface area contributed by atoms with Gasteiger partial charge in [0.15, 0.2) is 11.6 Å². The Hall–Kier alpha value is -1.85. The van der Waals surface area contributed by atoms with Crippen molar-refractivity contribution >= 4 is 69.9 Å². The number of carboxylic acid groups (broad SMARTS) is 2. The van der Waals surface area contributed by atoms with Gasteiger partial charge in [-0.25, -0.2) is 0 Å². The monoisotopic (exact) mass is 901 g/mol. The molecule has 0 saturated carbocycles. The quantitative estimate of drug-likeness (QED) is 0.194. The smallest absolute Gasteiger partial charge is 1.00 e. The molecule has 2 aromatic carbocycles. The van der Waals surface area contributed by atoms with Crippen molar-refractivity contribution in [2.75, 3.05) is 13.2 Å². The van der Waals surface area contributed by atoms with Crippen LogP contribution in [0.15, 0.2) is 48.6 Å². The molecule has 0 radical (unpaired) electrons. The van der Waals surface area contributed by atoms with Gasteiger partial charge in [0.25, 0.3) is 0 Å². The van der Waals surface area contributed by atoms with E-state index in [4.69, 9.17) is 55.9 Å². The molecule has 0 heterocycles. The van der Waals surface area contributed by atoms with Crippen LogP contribution in [0.1, 0.15) is 47.4 Å². The van der Waals surface area contributed by atoms with E-state index in [1.54, 1.807) is 13.8 Å². The molecular formula is C26H28Cl6N2O8Pt. The summed E-state index contributed by atoms with van der Waals surface area (Å²) in [5.74, 6) is -3.22. The number of aliphatic carboxylic acids is 2. The fraction of sp³-hybridized carbons (Fsp3) is 0.231. The number of ether oxygens (including phenoxy) is 2. The maximum absolute atomic E-state index is 11.9. The number of carboxylic acids is 2. The Kier molecular flexibility index (Phi) is 28.9. The van der Waals surface area contributed by atoms with Gasteiger partial charge in [-0.15, -0.1) is 0 Å². The van der Waals surface area contributed by atoms with E-state index < -0.39 is 25.2 Å². The minimum Gasteiger partial charge on any atom is -1.00 e. The van der Waals surface area contributed by atoms with Gasteiger partial charge in [0.2, 0.25) is 0 Å². The van der Waals surface area contributed by atoms with E-state index in [9.17, 15) is 29.4 Å². The van der Waals surface area contributed by atoms with Crippen LogP contribution in [0.3, 0.4) is 0 Å². The first-order valence-electron chi connectivity index (χ1n) is 10.8. The molecular weight excluding hydrogens is 876 g/mol. The number of halogens is 6. The van der Waals surface area contributed by atoms with Crippen molar-refractivity contribution in [2.24, 2.45) is 0 Å². The Morgan fingerprint density at radius 2 is 0.930 bits per heavy atom. The van der Waals surface area contributed by atoms with E-state index in [1.165, 1.54) is 24.3 Å². The van der Waals surface area contributed by atoms with Crippen LogP contribution in [0, 0.1) is 0 Å². The maximum atomic E-state index is 11.9. The first-order chi connectivity index (χ1) is 17.8. The van der Waals surface area contributed by atoms with Crippen molar-refractivity contribution in [1.29, 1.82) is 0 Å². The average molecular weight is 904 g/mol. The van der Waals surface area contributed by atoms with Crippen molar-refractivity contribution in [1.82, 2.24) is 12.3 Å². The van der Waals surface area contributed by atoms with E-state index in [2.05, 4.69) is 13.2 Å². The van der Waals surface area contributed by atoms with Crippen LogP contribution < -0.4 is 56.8 Å². The van der Waals surface area contributed by atoms with Gasteiger partial charge < -0.3 is 66.4 Å². The molecule has 43 heavy (non-hydrogen) atoms. The van der Waals surface area contributed by atoms with Gasteiger partial charge in [0, 0.05) is 11.1 Å². The predicted molar refractivity (Wildman–Crippen MR) is 151 cm³/mol. The first kappa shape index (κ1) is 50.8. The number of Topliss-reactive ketones (excluding diaryl/α,β-unsaturated/α-hetero) is 2. The van der Waals surface area contributed by atoms with Crippen molar-refractivity contribution in [3.63, 3.8) is 0 Å². The second-order valence-corrected chi connectivity index (χ2v) is 8.88. The topological polar surface area (TPSA) is 203 Å². The van der Waals surface area contributed by atoms with Gasteiger partial charge in [0.05, 0.1) is 22.0 Å². The van der Waals surface area contributed by atoms with Crippen LogP contribution in [-0.4, -0.2) is 36.7 Å². The van der Waals surface area contributed by atoms with Gasteiger partial charge in [-0.1, -0.05) is 73.4 Å². The molecule has 0 aromatic heterocycles. The zero-order valence-electron chi connectivity index (χ0n) is 22.8. The summed E-state index contributed by atoms with van der Waals surface area (Å²) in [5.41, 5.74) is 1.22. The maximum Gasteiger partial charge on any atom is 4.00 e. The zero-order chi connectivity index (χ0) is 29.2. The molecule has 0 fully saturated rings. The number of ketones is 2. The number of hydrogen-bond acceptors (Lipinski definition) is 10. The zero-order valence-corrected chi connectivity index (χ0v) is 29.6. The van der Waals surface area contributed by atoms with Gasteiger partial charge in [-0.2, -0.15) is 0 Å². The Balaban J connectivity index is -0.000000201. The van der Waals surface area contributed by atoms with Gasteiger partial charge in [0.1, 0.15) is 34.8 Å². The normalized spacial score (nSPS) is 8.88. The van der Waals surface area contributed by atoms with E-state index in [0.717, 1.165) is 0 Å². The first-order valence-corrected chi connectivity index (χ1v) is 12.3. The summed E-state index contributed by atoms with van der Waals surface area (Å²) in [6.45, 7) is 9.57. The van der Waals surface area contributed by atoms with Gasteiger partial charge in [-0.3, -0.25) is 9.59 Å². The van der Waals surface area contributed by atoms with E-state index in [-0.39, 0.29) is 112 Å².